The van der Waals surface area contributed by atoms with Crippen molar-refractivity contribution in [1.29, 1.82) is 0 Å². The highest BCUT2D eigenvalue weighted by atomic mass is 16.5. The van der Waals surface area contributed by atoms with Gasteiger partial charge in [-0.1, -0.05) is 81.4 Å². The van der Waals surface area contributed by atoms with Crippen molar-refractivity contribution in [3.05, 3.63) is 71.8 Å². The van der Waals surface area contributed by atoms with E-state index < -0.39 is 12.2 Å². The molecule has 1 aliphatic rings. The zero-order valence-electron chi connectivity index (χ0n) is 18.3. The number of hydrogen-bond donors (Lipinski definition) is 2. The second kappa shape index (κ2) is 10.2. The highest BCUT2D eigenvalue weighted by Crippen LogP contribution is 2.24. The molecule has 1 aliphatic heterocycles. The van der Waals surface area contributed by atoms with Gasteiger partial charge in [-0.05, 0) is 16.5 Å². The summed E-state index contributed by atoms with van der Waals surface area (Å²) in [6, 6.07) is 20.4. The summed E-state index contributed by atoms with van der Waals surface area (Å²) in [5, 5.41) is 13.9. The second-order valence-electron chi connectivity index (χ2n) is 9.35. The molecule has 162 valence electrons. The molecule has 0 unspecified atom stereocenters. The van der Waals surface area contributed by atoms with E-state index in [2.05, 4.69) is 34.5 Å². The molecule has 0 bridgehead atoms. The number of nitrogens with zero attached hydrogens (tertiary/aromatic N) is 1. The minimum atomic E-state index is -0.660. The standard InChI is InChI=1S/C25H34N2O3/c1-25(2,3)14-23(28)26-15-22-24(29)21(18-30-22)27(16-19-10-6-4-7-11-19)17-20-12-8-5-9-13-20/h4-13,21-22,24,29H,14-18H2,1-3H3,(H,26,28)/t21-,22-,24+/m1/s1. The molecule has 1 saturated heterocycles. The molecular formula is C25H34N2O3. The van der Waals surface area contributed by atoms with E-state index in [1.54, 1.807) is 0 Å². The number of nitrogens with one attached hydrogen (secondary N) is 1. The third-order valence-electron chi connectivity index (χ3n) is 5.37. The maximum absolute atomic E-state index is 12.2. The number of aliphatic hydroxyl groups is 1. The summed E-state index contributed by atoms with van der Waals surface area (Å²) in [4.78, 5) is 14.4. The normalized spacial score (nSPS) is 21.7. The largest absolute Gasteiger partial charge is 0.389 e. The van der Waals surface area contributed by atoms with Crippen LogP contribution in [-0.2, 0) is 22.6 Å². The van der Waals surface area contributed by atoms with Crippen molar-refractivity contribution in [1.82, 2.24) is 10.2 Å². The Balaban J connectivity index is 1.65. The number of rotatable bonds is 8. The molecule has 1 fully saturated rings. The summed E-state index contributed by atoms with van der Waals surface area (Å²) in [6.45, 7) is 8.34. The molecular weight excluding hydrogens is 376 g/mol. The minimum absolute atomic E-state index is 0.00724. The Bertz CT molecular complexity index is 748. The van der Waals surface area contributed by atoms with Crippen molar-refractivity contribution in [3.8, 4) is 0 Å². The molecule has 30 heavy (non-hydrogen) atoms. The molecule has 1 amide bonds. The van der Waals surface area contributed by atoms with E-state index in [-0.39, 0.29) is 17.4 Å². The molecule has 2 aromatic carbocycles. The second-order valence-corrected chi connectivity index (χ2v) is 9.35. The first-order chi connectivity index (χ1) is 14.3. The monoisotopic (exact) mass is 410 g/mol. The predicted molar refractivity (Wildman–Crippen MR) is 119 cm³/mol. The molecule has 2 aromatic rings. The van der Waals surface area contributed by atoms with Gasteiger partial charge in [-0.15, -0.1) is 0 Å². The molecule has 3 atom stereocenters. The lowest BCUT2D eigenvalue weighted by molar-refractivity contribution is -0.123. The molecule has 0 aromatic heterocycles. The molecule has 0 radical (unpaired) electrons. The molecule has 0 spiro atoms. The number of benzene rings is 2. The molecule has 2 N–H and O–H groups in total. The van der Waals surface area contributed by atoms with Gasteiger partial charge in [0.05, 0.1) is 18.8 Å². The van der Waals surface area contributed by atoms with Crippen LogP contribution >= 0.6 is 0 Å². The fourth-order valence-corrected chi connectivity index (χ4v) is 3.85. The number of carbonyl (C=O) groups is 1. The molecule has 5 nitrogen and oxygen atoms in total. The van der Waals surface area contributed by atoms with Gasteiger partial charge < -0.3 is 15.2 Å². The molecule has 3 rings (SSSR count). The lowest BCUT2D eigenvalue weighted by atomic mass is 9.92. The van der Waals surface area contributed by atoms with Gasteiger partial charge in [0.2, 0.25) is 5.91 Å². The molecule has 0 aliphatic carbocycles. The Hall–Kier alpha value is -2.21. The van der Waals surface area contributed by atoms with Gasteiger partial charge in [0.15, 0.2) is 0 Å². The Morgan fingerprint density at radius 2 is 1.57 bits per heavy atom. The topological polar surface area (TPSA) is 61.8 Å². The van der Waals surface area contributed by atoms with E-state index >= 15 is 0 Å². The summed E-state index contributed by atoms with van der Waals surface area (Å²) >= 11 is 0. The van der Waals surface area contributed by atoms with Crippen LogP contribution in [-0.4, -0.2) is 47.3 Å². The van der Waals surface area contributed by atoms with E-state index in [9.17, 15) is 9.90 Å². The van der Waals surface area contributed by atoms with Crippen LogP contribution in [0, 0.1) is 5.41 Å². The molecule has 1 heterocycles. The van der Waals surface area contributed by atoms with Crippen LogP contribution in [0.1, 0.15) is 38.3 Å². The first-order valence-electron chi connectivity index (χ1n) is 10.7. The van der Waals surface area contributed by atoms with Gasteiger partial charge in [0.25, 0.3) is 0 Å². The highest BCUT2D eigenvalue weighted by Gasteiger charge is 2.39. The van der Waals surface area contributed by atoms with Gasteiger partial charge in [-0.25, -0.2) is 0 Å². The van der Waals surface area contributed by atoms with Gasteiger partial charge in [0.1, 0.15) is 6.10 Å². The highest BCUT2D eigenvalue weighted by molar-refractivity contribution is 5.76. The number of ether oxygens (including phenoxy) is 1. The van der Waals surface area contributed by atoms with Crippen molar-refractivity contribution >= 4 is 5.91 Å². The van der Waals surface area contributed by atoms with Crippen molar-refractivity contribution in [3.63, 3.8) is 0 Å². The zero-order chi connectivity index (χ0) is 21.6. The maximum atomic E-state index is 12.2. The first-order valence-corrected chi connectivity index (χ1v) is 10.7. The number of aliphatic hydroxyl groups excluding tert-OH is 1. The van der Waals surface area contributed by atoms with E-state index in [1.165, 1.54) is 11.1 Å². The summed E-state index contributed by atoms with van der Waals surface area (Å²) in [5.41, 5.74) is 2.33. The maximum Gasteiger partial charge on any atom is 0.220 e. The Kier molecular flexibility index (Phi) is 7.64. The SMILES string of the molecule is CC(C)(C)CC(=O)NC[C@H]1OC[C@@H](N(Cc2ccccc2)Cc2ccccc2)[C@@H]1O. The number of carbonyl (C=O) groups excluding carboxylic acids is 1. The average Bonchev–Trinajstić information content (AvgIpc) is 3.07. The zero-order valence-corrected chi connectivity index (χ0v) is 18.3. The quantitative estimate of drug-likeness (QED) is 0.701. The summed E-state index contributed by atoms with van der Waals surface area (Å²) in [6.07, 6.45) is -0.603. The van der Waals surface area contributed by atoms with Crippen LogP contribution in [0.2, 0.25) is 0 Å². The van der Waals surface area contributed by atoms with Gasteiger partial charge in [-0.3, -0.25) is 9.69 Å². The van der Waals surface area contributed by atoms with E-state index in [4.69, 9.17) is 4.74 Å². The summed E-state index contributed by atoms with van der Waals surface area (Å²) in [5.74, 6) is -0.00724. The molecule has 0 saturated carbocycles. The lowest BCUT2D eigenvalue weighted by Gasteiger charge is -2.31. The van der Waals surface area contributed by atoms with Crippen LogP contribution in [0.5, 0.6) is 0 Å². The fourth-order valence-electron chi connectivity index (χ4n) is 3.85. The Morgan fingerprint density at radius 1 is 1.03 bits per heavy atom. The van der Waals surface area contributed by atoms with Crippen LogP contribution in [0.25, 0.3) is 0 Å². The molecule has 5 heteroatoms. The van der Waals surface area contributed by atoms with Crippen molar-refractivity contribution in [2.45, 2.75) is 58.5 Å². The average molecular weight is 411 g/mol. The third-order valence-corrected chi connectivity index (χ3v) is 5.37. The summed E-state index contributed by atoms with van der Waals surface area (Å²) in [7, 11) is 0. The fraction of sp³-hybridized carbons (Fsp3) is 0.480. The van der Waals surface area contributed by atoms with Crippen molar-refractivity contribution in [2.24, 2.45) is 5.41 Å². The number of amides is 1. The lowest BCUT2D eigenvalue weighted by Crippen LogP contribution is -2.46. The Morgan fingerprint density at radius 3 is 2.07 bits per heavy atom. The van der Waals surface area contributed by atoms with E-state index in [0.29, 0.717) is 19.6 Å². The Labute approximate surface area is 180 Å². The summed E-state index contributed by atoms with van der Waals surface area (Å²) < 4.78 is 5.91. The van der Waals surface area contributed by atoms with Crippen LogP contribution in [0.15, 0.2) is 60.7 Å². The van der Waals surface area contributed by atoms with Crippen molar-refractivity contribution < 1.29 is 14.6 Å². The third kappa shape index (κ3) is 6.66. The van der Waals surface area contributed by atoms with Crippen LogP contribution in [0.3, 0.4) is 0 Å². The predicted octanol–water partition coefficient (Wildman–Crippen LogP) is 3.37. The van der Waals surface area contributed by atoms with Crippen molar-refractivity contribution in [2.75, 3.05) is 13.2 Å². The van der Waals surface area contributed by atoms with E-state index in [1.807, 2.05) is 57.2 Å². The van der Waals surface area contributed by atoms with Crippen LogP contribution < -0.4 is 5.32 Å². The van der Waals surface area contributed by atoms with Gasteiger partial charge >= 0.3 is 0 Å². The smallest absolute Gasteiger partial charge is 0.220 e. The van der Waals surface area contributed by atoms with E-state index in [0.717, 1.165) is 13.1 Å². The van der Waals surface area contributed by atoms with Gasteiger partial charge in [0, 0.05) is 26.1 Å². The van der Waals surface area contributed by atoms with Crippen LogP contribution in [0.4, 0.5) is 0 Å². The number of hydrogen-bond acceptors (Lipinski definition) is 4. The van der Waals surface area contributed by atoms with Gasteiger partial charge in [-0.2, -0.15) is 0 Å². The minimum Gasteiger partial charge on any atom is -0.389 e. The first kappa shape index (κ1) is 22.5.